The highest BCUT2D eigenvalue weighted by Crippen LogP contribution is 2.22. The summed E-state index contributed by atoms with van der Waals surface area (Å²) in [5.41, 5.74) is 0. The van der Waals surface area contributed by atoms with Crippen LogP contribution in [0.2, 0.25) is 0 Å². The molecule has 0 aromatic carbocycles. The van der Waals surface area contributed by atoms with E-state index in [2.05, 4.69) is 17.3 Å². The Bertz CT molecular complexity index is 109. The molecule has 0 radical (unpaired) electrons. The lowest BCUT2D eigenvalue weighted by Crippen LogP contribution is -2.28. The molecule has 2 nitrogen and oxygen atoms in total. The van der Waals surface area contributed by atoms with E-state index in [1.54, 1.807) is 0 Å². The van der Waals surface area contributed by atoms with Crippen molar-refractivity contribution in [3.8, 4) is 0 Å². The Labute approximate surface area is 80.5 Å². The highest BCUT2D eigenvalue weighted by molar-refractivity contribution is 5.85. The Morgan fingerprint density at radius 2 is 2.00 bits per heavy atom. The number of rotatable bonds is 0. The third-order valence-electron chi connectivity index (χ3n) is 2.55. The number of likely N-dealkylation sites (tertiary alicyclic amines) is 1. The third-order valence-corrected chi connectivity index (χ3v) is 2.55. The maximum absolute atomic E-state index is 3.51. The molecule has 2 atom stereocenters. The van der Waals surface area contributed by atoms with Crippen LogP contribution in [0.5, 0.6) is 0 Å². The van der Waals surface area contributed by atoms with Crippen LogP contribution in [0.4, 0.5) is 0 Å². The average Bonchev–Trinajstić information content (AvgIpc) is 2.22. The van der Waals surface area contributed by atoms with E-state index in [0.717, 1.165) is 12.0 Å². The standard InChI is InChI=1S/C7H14N2.2ClH/c1-9-4-6-2-3-8-7(6)5-9;;/h6-8H,2-5H2,1H3;2*1H/t6-,7+;;/m1../s1. The summed E-state index contributed by atoms with van der Waals surface area (Å²) in [7, 11) is 2.21. The van der Waals surface area contributed by atoms with Gasteiger partial charge in [0, 0.05) is 19.1 Å². The topological polar surface area (TPSA) is 15.3 Å². The SMILES string of the molecule is CN1C[C@H]2CCN[C@H]2C1.Cl.Cl. The van der Waals surface area contributed by atoms with Crippen molar-refractivity contribution in [2.24, 2.45) is 5.92 Å². The van der Waals surface area contributed by atoms with E-state index in [1.165, 1.54) is 26.1 Å². The van der Waals surface area contributed by atoms with Gasteiger partial charge in [-0.3, -0.25) is 0 Å². The first-order valence-corrected chi connectivity index (χ1v) is 3.78. The molecule has 0 aromatic rings. The predicted octanol–water partition coefficient (Wildman–Crippen LogP) is 0.753. The zero-order chi connectivity index (χ0) is 6.27. The number of hydrogen-bond donors (Lipinski definition) is 1. The molecule has 0 amide bonds. The van der Waals surface area contributed by atoms with Crippen molar-refractivity contribution in [3.63, 3.8) is 0 Å². The van der Waals surface area contributed by atoms with Gasteiger partial charge in [0.05, 0.1) is 0 Å². The van der Waals surface area contributed by atoms with Gasteiger partial charge in [0.1, 0.15) is 0 Å². The van der Waals surface area contributed by atoms with Gasteiger partial charge in [0.15, 0.2) is 0 Å². The van der Waals surface area contributed by atoms with Gasteiger partial charge in [-0.15, -0.1) is 24.8 Å². The molecule has 4 heteroatoms. The Hall–Kier alpha value is 0.500. The Balaban J connectivity index is 0.000000500. The van der Waals surface area contributed by atoms with Gasteiger partial charge < -0.3 is 10.2 Å². The fourth-order valence-corrected chi connectivity index (χ4v) is 2.06. The zero-order valence-electron chi connectivity index (χ0n) is 6.75. The highest BCUT2D eigenvalue weighted by atomic mass is 35.5. The lowest BCUT2D eigenvalue weighted by atomic mass is 10.1. The van der Waals surface area contributed by atoms with Crippen LogP contribution in [-0.2, 0) is 0 Å². The molecular weight excluding hydrogens is 183 g/mol. The van der Waals surface area contributed by atoms with Crippen LogP contribution in [0.1, 0.15) is 6.42 Å². The molecule has 0 bridgehead atoms. The van der Waals surface area contributed by atoms with Crippen LogP contribution in [-0.4, -0.2) is 37.6 Å². The average molecular weight is 199 g/mol. The molecule has 0 aromatic heterocycles. The normalized spacial score (nSPS) is 35.7. The minimum atomic E-state index is 0. The molecule has 0 unspecified atom stereocenters. The molecule has 0 aliphatic carbocycles. The number of hydrogen-bond acceptors (Lipinski definition) is 2. The monoisotopic (exact) mass is 198 g/mol. The van der Waals surface area contributed by atoms with E-state index >= 15 is 0 Å². The molecule has 2 heterocycles. The first kappa shape index (κ1) is 11.5. The molecule has 68 valence electrons. The van der Waals surface area contributed by atoms with Gasteiger partial charge in [-0.05, 0) is 25.9 Å². The van der Waals surface area contributed by atoms with Gasteiger partial charge in [-0.1, -0.05) is 0 Å². The molecule has 1 N–H and O–H groups in total. The van der Waals surface area contributed by atoms with Crippen molar-refractivity contribution in [1.82, 2.24) is 10.2 Å². The van der Waals surface area contributed by atoms with E-state index in [4.69, 9.17) is 0 Å². The van der Waals surface area contributed by atoms with E-state index in [1.807, 2.05) is 0 Å². The quantitative estimate of drug-likeness (QED) is 0.619. The summed E-state index contributed by atoms with van der Waals surface area (Å²) >= 11 is 0. The summed E-state index contributed by atoms with van der Waals surface area (Å²) in [6.07, 6.45) is 1.40. The van der Waals surface area contributed by atoms with Gasteiger partial charge in [-0.25, -0.2) is 0 Å². The van der Waals surface area contributed by atoms with Crippen molar-refractivity contribution in [1.29, 1.82) is 0 Å². The fraction of sp³-hybridized carbons (Fsp3) is 1.00. The molecule has 2 aliphatic heterocycles. The van der Waals surface area contributed by atoms with E-state index in [9.17, 15) is 0 Å². The Kier molecular flexibility index (Phi) is 4.71. The number of halogens is 2. The summed E-state index contributed by atoms with van der Waals surface area (Å²) in [4.78, 5) is 2.42. The smallest absolute Gasteiger partial charge is 0.0235 e. The van der Waals surface area contributed by atoms with Crippen LogP contribution < -0.4 is 5.32 Å². The molecule has 2 rings (SSSR count). The van der Waals surface area contributed by atoms with Crippen molar-refractivity contribution < 1.29 is 0 Å². The summed E-state index contributed by atoms with van der Waals surface area (Å²) in [6, 6.07) is 0.829. The highest BCUT2D eigenvalue weighted by Gasteiger charge is 2.33. The van der Waals surface area contributed by atoms with E-state index in [0.29, 0.717) is 0 Å². The molecule has 11 heavy (non-hydrogen) atoms. The lowest BCUT2D eigenvalue weighted by Gasteiger charge is -2.07. The maximum Gasteiger partial charge on any atom is 0.0235 e. The van der Waals surface area contributed by atoms with Crippen LogP contribution in [0.25, 0.3) is 0 Å². The molecule has 0 spiro atoms. The molecular formula is C7H16Cl2N2. The number of likely N-dealkylation sites (N-methyl/N-ethyl adjacent to an activating group) is 1. The van der Waals surface area contributed by atoms with Gasteiger partial charge in [0.25, 0.3) is 0 Å². The predicted molar refractivity (Wildman–Crippen MR) is 51.9 cm³/mol. The van der Waals surface area contributed by atoms with Crippen LogP contribution in [0, 0.1) is 5.92 Å². The number of fused-ring (bicyclic) bond motifs is 1. The molecule has 0 saturated carbocycles. The number of nitrogens with zero attached hydrogens (tertiary/aromatic N) is 1. The largest absolute Gasteiger partial charge is 0.312 e. The second-order valence-corrected chi connectivity index (χ2v) is 3.33. The van der Waals surface area contributed by atoms with Gasteiger partial charge in [-0.2, -0.15) is 0 Å². The first-order chi connectivity index (χ1) is 4.36. The Morgan fingerprint density at radius 1 is 1.27 bits per heavy atom. The Morgan fingerprint density at radius 3 is 2.64 bits per heavy atom. The minimum absolute atomic E-state index is 0. The van der Waals surface area contributed by atoms with Crippen LogP contribution in [0.15, 0.2) is 0 Å². The van der Waals surface area contributed by atoms with Crippen molar-refractivity contribution in [2.45, 2.75) is 12.5 Å². The van der Waals surface area contributed by atoms with E-state index < -0.39 is 0 Å². The minimum Gasteiger partial charge on any atom is -0.312 e. The second kappa shape index (κ2) is 4.51. The summed E-state index contributed by atoms with van der Waals surface area (Å²) in [6.45, 7) is 3.84. The van der Waals surface area contributed by atoms with Crippen LogP contribution >= 0.6 is 24.8 Å². The van der Waals surface area contributed by atoms with Crippen molar-refractivity contribution in [2.75, 3.05) is 26.7 Å². The van der Waals surface area contributed by atoms with Crippen molar-refractivity contribution >= 4 is 24.8 Å². The second-order valence-electron chi connectivity index (χ2n) is 3.33. The molecule has 2 saturated heterocycles. The summed E-state index contributed by atoms with van der Waals surface area (Å²) < 4.78 is 0. The molecule has 2 fully saturated rings. The van der Waals surface area contributed by atoms with E-state index in [-0.39, 0.29) is 24.8 Å². The van der Waals surface area contributed by atoms with Crippen molar-refractivity contribution in [3.05, 3.63) is 0 Å². The van der Waals surface area contributed by atoms with Gasteiger partial charge >= 0.3 is 0 Å². The third kappa shape index (κ3) is 2.22. The molecule has 2 aliphatic rings. The lowest BCUT2D eigenvalue weighted by molar-refractivity contribution is 0.382. The zero-order valence-corrected chi connectivity index (χ0v) is 8.38. The van der Waals surface area contributed by atoms with Gasteiger partial charge in [0.2, 0.25) is 0 Å². The number of nitrogens with one attached hydrogen (secondary N) is 1. The first-order valence-electron chi connectivity index (χ1n) is 3.78. The summed E-state index contributed by atoms with van der Waals surface area (Å²) in [5.74, 6) is 0.968. The fourth-order valence-electron chi connectivity index (χ4n) is 2.06. The van der Waals surface area contributed by atoms with Crippen LogP contribution in [0.3, 0.4) is 0 Å². The maximum atomic E-state index is 3.51. The summed E-state index contributed by atoms with van der Waals surface area (Å²) in [5, 5.41) is 3.51.